The Kier molecular flexibility index (Phi) is 4.38. The van der Waals surface area contributed by atoms with E-state index in [1.807, 2.05) is 0 Å². The third kappa shape index (κ3) is 3.08. The Bertz CT molecular complexity index is 260. The van der Waals surface area contributed by atoms with E-state index >= 15 is 0 Å². The molecule has 106 valence electrons. The molecule has 0 aromatic carbocycles. The van der Waals surface area contributed by atoms with Gasteiger partial charge in [0, 0.05) is 24.7 Å². The molecule has 0 aromatic rings. The molecular weight excluding hydrogens is 220 g/mol. The number of hydrogen-bond acceptors (Lipinski definition) is 2. The molecule has 2 rings (SSSR count). The average Bonchev–Trinajstić information content (AvgIpc) is 3.07. The van der Waals surface area contributed by atoms with E-state index in [9.17, 15) is 0 Å². The van der Waals surface area contributed by atoms with Crippen LogP contribution in [0.2, 0.25) is 0 Å². The van der Waals surface area contributed by atoms with Gasteiger partial charge in [0.25, 0.3) is 0 Å². The summed E-state index contributed by atoms with van der Waals surface area (Å²) in [5.74, 6) is 2.43. The van der Waals surface area contributed by atoms with Gasteiger partial charge < -0.3 is 5.73 Å². The van der Waals surface area contributed by atoms with Crippen LogP contribution in [0, 0.1) is 17.8 Å². The molecule has 2 aliphatic carbocycles. The van der Waals surface area contributed by atoms with Gasteiger partial charge in [0.15, 0.2) is 0 Å². The molecule has 2 N–H and O–H groups in total. The Hall–Kier alpha value is -0.0800. The first-order valence-corrected chi connectivity index (χ1v) is 7.93. The molecule has 0 saturated heterocycles. The summed E-state index contributed by atoms with van der Waals surface area (Å²) in [5.41, 5.74) is 6.57. The molecule has 0 spiro atoms. The average molecular weight is 252 g/mol. The summed E-state index contributed by atoms with van der Waals surface area (Å²) in [6.07, 6.45) is 6.82. The van der Waals surface area contributed by atoms with Gasteiger partial charge >= 0.3 is 0 Å². The van der Waals surface area contributed by atoms with E-state index in [1.54, 1.807) is 0 Å². The van der Waals surface area contributed by atoms with E-state index in [-0.39, 0.29) is 0 Å². The van der Waals surface area contributed by atoms with Crippen LogP contribution in [0.25, 0.3) is 0 Å². The maximum Gasteiger partial charge on any atom is 0.0339 e. The van der Waals surface area contributed by atoms with Gasteiger partial charge in [-0.2, -0.15) is 0 Å². The van der Waals surface area contributed by atoms with Crippen molar-refractivity contribution >= 4 is 0 Å². The first kappa shape index (κ1) is 14.3. The van der Waals surface area contributed by atoms with Gasteiger partial charge in [-0.3, -0.25) is 4.90 Å². The molecule has 2 atom stereocenters. The highest BCUT2D eigenvalue weighted by Crippen LogP contribution is 2.44. The van der Waals surface area contributed by atoms with Crippen molar-refractivity contribution in [2.75, 3.05) is 13.1 Å². The summed E-state index contributed by atoms with van der Waals surface area (Å²) < 4.78 is 0. The SMILES string of the molecule is CC(C)CN(C1CC1)C1(CN)CC(C)CC(C)C1. The van der Waals surface area contributed by atoms with E-state index < -0.39 is 0 Å². The Labute approximate surface area is 113 Å². The zero-order chi connectivity index (χ0) is 13.3. The van der Waals surface area contributed by atoms with Crippen LogP contribution >= 0.6 is 0 Å². The predicted octanol–water partition coefficient (Wildman–Crippen LogP) is 3.26. The van der Waals surface area contributed by atoms with Crippen molar-refractivity contribution in [1.29, 1.82) is 0 Å². The van der Waals surface area contributed by atoms with E-state index in [0.717, 1.165) is 30.3 Å². The van der Waals surface area contributed by atoms with Crippen molar-refractivity contribution in [3.63, 3.8) is 0 Å². The van der Waals surface area contributed by atoms with Crippen molar-refractivity contribution in [1.82, 2.24) is 4.90 Å². The summed E-state index contributed by atoms with van der Waals surface area (Å²) in [7, 11) is 0. The molecule has 2 saturated carbocycles. The normalized spacial score (nSPS) is 37.5. The highest BCUT2D eigenvalue weighted by atomic mass is 15.3. The smallest absolute Gasteiger partial charge is 0.0339 e. The van der Waals surface area contributed by atoms with Crippen LogP contribution in [0.3, 0.4) is 0 Å². The molecule has 0 heterocycles. The third-order valence-electron chi connectivity index (χ3n) is 4.80. The summed E-state index contributed by atoms with van der Waals surface area (Å²) in [6, 6.07) is 0.841. The Morgan fingerprint density at radius 2 is 1.72 bits per heavy atom. The van der Waals surface area contributed by atoms with Gasteiger partial charge in [-0.05, 0) is 49.9 Å². The topological polar surface area (TPSA) is 29.3 Å². The van der Waals surface area contributed by atoms with Crippen molar-refractivity contribution in [3.8, 4) is 0 Å². The van der Waals surface area contributed by atoms with Gasteiger partial charge in [0.2, 0.25) is 0 Å². The maximum absolute atomic E-state index is 6.26. The van der Waals surface area contributed by atoms with Crippen LogP contribution in [-0.4, -0.2) is 29.6 Å². The summed E-state index contributed by atoms with van der Waals surface area (Å²) in [4.78, 5) is 2.81. The lowest BCUT2D eigenvalue weighted by molar-refractivity contribution is 0.00519. The second-order valence-corrected chi connectivity index (χ2v) is 7.56. The van der Waals surface area contributed by atoms with E-state index in [4.69, 9.17) is 5.73 Å². The lowest BCUT2D eigenvalue weighted by atomic mass is 9.70. The molecule has 2 unspecified atom stereocenters. The second-order valence-electron chi connectivity index (χ2n) is 7.56. The fraction of sp³-hybridized carbons (Fsp3) is 1.00. The minimum absolute atomic E-state index is 0.308. The van der Waals surface area contributed by atoms with Gasteiger partial charge in [-0.1, -0.05) is 27.7 Å². The van der Waals surface area contributed by atoms with E-state index in [1.165, 1.54) is 38.6 Å². The van der Waals surface area contributed by atoms with Crippen molar-refractivity contribution in [3.05, 3.63) is 0 Å². The van der Waals surface area contributed by atoms with Gasteiger partial charge in [-0.15, -0.1) is 0 Å². The first-order chi connectivity index (χ1) is 8.47. The van der Waals surface area contributed by atoms with Crippen LogP contribution in [0.4, 0.5) is 0 Å². The summed E-state index contributed by atoms with van der Waals surface area (Å²) in [5, 5.41) is 0. The lowest BCUT2D eigenvalue weighted by Gasteiger charge is -2.50. The van der Waals surface area contributed by atoms with E-state index in [2.05, 4.69) is 32.6 Å². The molecule has 0 aliphatic heterocycles. The molecule has 0 amide bonds. The first-order valence-electron chi connectivity index (χ1n) is 7.93. The molecule has 2 nitrogen and oxygen atoms in total. The van der Waals surface area contributed by atoms with Gasteiger partial charge in [0.1, 0.15) is 0 Å². The van der Waals surface area contributed by atoms with Gasteiger partial charge in [0.05, 0.1) is 0 Å². The zero-order valence-corrected chi connectivity index (χ0v) is 12.8. The maximum atomic E-state index is 6.26. The van der Waals surface area contributed by atoms with Crippen molar-refractivity contribution < 1.29 is 0 Å². The highest BCUT2D eigenvalue weighted by molar-refractivity contribution is 5.03. The fourth-order valence-electron chi connectivity index (χ4n) is 4.26. The highest BCUT2D eigenvalue weighted by Gasteiger charge is 2.46. The minimum atomic E-state index is 0.308. The monoisotopic (exact) mass is 252 g/mol. The molecule has 2 fully saturated rings. The largest absolute Gasteiger partial charge is 0.329 e. The number of nitrogens with zero attached hydrogens (tertiary/aromatic N) is 1. The molecule has 2 aliphatic rings. The fourth-order valence-corrected chi connectivity index (χ4v) is 4.26. The molecule has 0 radical (unpaired) electrons. The molecule has 18 heavy (non-hydrogen) atoms. The van der Waals surface area contributed by atoms with Crippen LogP contribution in [0.1, 0.15) is 59.8 Å². The van der Waals surface area contributed by atoms with Crippen LogP contribution in [-0.2, 0) is 0 Å². The lowest BCUT2D eigenvalue weighted by Crippen LogP contribution is -2.59. The summed E-state index contributed by atoms with van der Waals surface area (Å²) >= 11 is 0. The number of nitrogens with two attached hydrogens (primary N) is 1. The second kappa shape index (κ2) is 5.50. The Morgan fingerprint density at radius 3 is 2.11 bits per heavy atom. The zero-order valence-electron chi connectivity index (χ0n) is 12.8. The Morgan fingerprint density at radius 1 is 1.17 bits per heavy atom. The van der Waals surface area contributed by atoms with Crippen molar-refractivity contribution in [2.45, 2.75) is 71.4 Å². The molecule has 0 bridgehead atoms. The minimum Gasteiger partial charge on any atom is -0.329 e. The predicted molar refractivity (Wildman–Crippen MR) is 78.5 cm³/mol. The van der Waals surface area contributed by atoms with Gasteiger partial charge in [-0.25, -0.2) is 0 Å². The van der Waals surface area contributed by atoms with Crippen LogP contribution < -0.4 is 5.73 Å². The van der Waals surface area contributed by atoms with Crippen LogP contribution in [0.15, 0.2) is 0 Å². The molecule has 2 heteroatoms. The van der Waals surface area contributed by atoms with Crippen LogP contribution in [0.5, 0.6) is 0 Å². The third-order valence-corrected chi connectivity index (χ3v) is 4.80. The van der Waals surface area contributed by atoms with Crippen molar-refractivity contribution in [2.24, 2.45) is 23.5 Å². The molecular formula is C16H32N2. The van der Waals surface area contributed by atoms with E-state index in [0.29, 0.717) is 5.54 Å². The standard InChI is InChI=1S/C16H32N2/c1-12(2)10-18(15-5-6-15)16(11-17)8-13(3)7-14(4)9-16/h12-15H,5-11,17H2,1-4H3. The number of hydrogen-bond donors (Lipinski definition) is 1. The summed E-state index contributed by atoms with van der Waals surface area (Å²) in [6.45, 7) is 11.6. The molecule has 0 aromatic heterocycles. The Balaban J connectivity index is 2.16. The quantitative estimate of drug-likeness (QED) is 0.814. The number of rotatable bonds is 5.